The number of nitrogens with zero attached hydrogens (tertiary/aromatic N) is 4. The van der Waals surface area contributed by atoms with Crippen LogP contribution in [0.1, 0.15) is 79.6 Å². The van der Waals surface area contributed by atoms with Crippen molar-refractivity contribution in [2.75, 3.05) is 0 Å². The van der Waals surface area contributed by atoms with Crippen molar-refractivity contribution < 1.29 is 4.79 Å². The van der Waals surface area contributed by atoms with Crippen molar-refractivity contribution in [3.05, 3.63) is 101 Å². The van der Waals surface area contributed by atoms with Gasteiger partial charge in [0.2, 0.25) is 0 Å². The summed E-state index contributed by atoms with van der Waals surface area (Å²) in [4.78, 5) is 16.0. The maximum absolute atomic E-state index is 14.0. The highest BCUT2D eigenvalue weighted by atomic mass is 16.2. The van der Waals surface area contributed by atoms with E-state index < -0.39 is 0 Å². The highest BCUT2D eigenvalue weighted by Crippen LogP contribution is 2.39. The minimum atomic E-state index is -0.214. The van der Waals surface area contributed by atoms with Gasteiger partial charge in [-0.15, -0.1) is 0 Å². The summed E-state index contributed by atoms with van der Waals surface area (Å²) in [6.45, 7) is 6.96. The Hall–Kier alpha value is -3.80. The molecule has 1 aliphatic carbocycles. The van der Waals surface area contributed by atoms with Gasteiger partial charge >= 0.3 is 6.03 Å². The van der Waals surface area contributed by atoms with Gasteiger partial charge in [0, 0.05) is 17.8 Å². The Bertz CT molecular complexity index is 1390. The lowest BCUT2D eigenvalue weighted by Gasteiger charge is -2.32. The monoisotopic (exact) mass is 493 g/mol. The Kier molecular flexibility index (Phi) is 6.11. The van der Waals surface area contributed by atoms with Crippen molar-refractivity contribution in [2.24, 2.45) is 0 Å². The number of rotatable bonds is 4. The molecule has 4 aromatic rings. The van der Waals surface area contributed by atoms with Crippen molar-refractivity contribution >= 4 is 6.03 Å². The molecule has 1 fully saturated rings. The summed E-state index contributed by atoms with van der Waals surface area (Å²) in [5.41, 5.74) is 6.50. The molecule has 6 rings (SSSR count). The zero-order valence-corrected chi connectivity index (χ0v) is 21.9. The number of carbonyl (C=O) groups is 1. The Morgan fingerprint density at radius 2 is 1.70 bits per heavy atom. The van der Waals surface area contributed by atoms with Gasteiger partial charge in [-0.25, -0.2) is 9.48 Å². The molecule has 2 aromatic carbocycles. The van der Waals surface area contributed by atoms with Crippen LogP contribution in [0, 0.1) is 6.92 Å². The molecule has 0 bridgehead atoms. The van der Waals surface area contributed by atoms with Crippen LogP contribution in [-0.2, 0) is 6.54 Å². The van der Waals surface area contributed by atoms with Gasteiger partial charge in [0.15, 0.2) is 0 Å². The fraction of sp³-hybridized carbons (Fsp3) is 0.355. The quantitative estimate of drug-likeness (QED) is 0.346. The van der Waals surface area contributed by atoms with Crippen molar-refractivity contribution in [1.82, 2.24) is 24.6 Å². The highest BCUT2D eigenvalue weighted by Gasteiger charge is 2.36. The maximum atomic E-state index is 14.0. The van der Waals surface area contributed by atoms with E-state index in [1.165, 1.54) is 18.4 Å². The highest BCUT2D eigenvalue weighted by molar-refractivity contribution is 5.76. The summed E-state index contributed by atoms with van der Waals surface area (Å²) in [5, 5.41) is 8.31. The molecule has 0 radical (unpaired) electrons. The van der Waals surface area contributed by atoms with Gasteiger partial charge in [0.25, 0.3) is 0 Å². The van der Waals surface area contributed by atoms with Gasteiger partial charge in [0.05, 0.1) is 29.7 Å². The van der Waals surface area contributed by atoms with Gasteiger partial charge < -0.3 is 14.8 Å². The summed E-state index contributed by atoms with van der Waals surface area (Å²) in [7, 11) is 0. The molecule has 37 heavy (non-hydrogen) atoms. The predicted octanol–water partition coefficient (Wildman–Crippen LogP) is 6.65. The third-order valence-electron chi connectivity index (χ3n) is 7.95. The molecule has 1 unspecified atom stereocenters. The molecule has 2 amide bonds. The van der Waals surface area contributed by atoms with Crippen LogP contribution < -0.4 is 5.32 Å². The topological polar surface area (TPSA) is 55.1 Å². The van der Waals surface area contributed by atoms with E-state index in [9.17, 15) is 4.79 Å². The van der Waals surface area contributed by atoms with Crippen molar-refractivity contribution in [1.29, 1.82) is 0 Å². The van der Waals surface area contributed by atoms with Crippen LogP contribution in [0.5, 0.6) is 0 Å². The second-order valence-electron chi connectivity index (χ2n) is 10.7. The molecular formula is C31H35N5O. The number of hydrogen-bond acceptors (Lipinski definition) is 2. The number of para-hydroxylation sites is 1. The van der Waals surface area contributed by atoms with Gasteiger partial charge in [-0.2, -0.15) is 5.10 Å². The van der Waals surface area contributed by atoms with Gasteiger partial charge in [0.1, 0.15) is 5.82 Å². The second kappa shape index (κ2) is 9.58. The summed E-state index contributed by atoms with van der Waals surface area (Å²) >= 11 is 0. The number of benzene rings is 2. The maximum Gasteiger partial charge on any atom is 0.318 e. The van der Waals surface area contributed by atoms with E-state index in [4.69, 9.17) is 5.10 Å². The van der Waals surface area contributed by atoms with Crippen LogP contribution in [0.3, 0.4) is 0 Å². The molecular weight excluding hydrogens is 458 g/mol. The summed E-state index contributed by atoms with van der Waals surface area (Å²) in [6.07, 6.45) is 6.57. The zero-order chi connectivity index (χ0) is 25.5. The van der Waals surface area contributed by atoms with Crippen LogP contribution in [0.4, 0.5) is 4.79 Å². The van der Waals surface area contributed by atoms with E-state index in [0.29, 0.717) is 12.5 Å². The first-order valence-electron chi connectivity index (χ1n) is 13.5. The Morgan fingerprint density at radius 3 is 2.41 bits per heavy atom. The number of carbonyl (C=O) groups excluding carboxylic acids is 1. The largest absolute Gasteiger partial charge is 0.335 e. The van der Waals surface area contributed by atoms with Crippen LogP contribution >= 0.6 is 0 Å². The minimum Gasteiger partial charge on any atom is -0.335 e. The lowest BCUT2D eigenvalue weighted by atomic mass is 9.97. The number of amides is 2. The molecule has 2 aliphatic rings. The molecule has 1 saturated carbocycles. The van der Waals surface area contributed by atoms with E-state index in [1.54, 1.807) is 0 Å². The third-order valence-corrected chi connectivity index (χ3v) is 7.95. The van der Waals surface area contributed by atoms with Crippen molar-refractivity contribution in [2.45, 2.75) is 71.0 Å². The summed E-state index contributed by atoms with van der Waals surface area (Å²) in [5.74, 6) is 1.46. The SMILES string of the molecule is Cc1nn(-c2ccccc2)c2c1CN(C(=O)NC1CCCC1)C(c1ccc(C(C)C)cc1)c1cccn1-2. The molecule has 6 heteroatoms. The third kappa shape index (κ3) is 4.24. The number of aromatic nitrogens is 3. The van der Waals surface area contributed by atoms with Crippen LogP contribution in [0.2, 0.25) is 0 Å². The van der Waals surface area contributed by atoms with E-state index in [2.05, 4.69) is 78.5 Å². The molecule has 0 saturated heterocycles. The molecule has 2 aromatic heterocycles. The number of fused-ring (bicyclic) bond motifs is 3. The zero-order valence-electron chi connectivity index (χ0n) is 21.9. The van der Waals surface area contributed by atoms with Crippen molar-refractivity contribution in [3.63, 3.8) is 0 Å². The molecule has 1 aliphatic heterocycles. The van der Waals surface area contributed by atoms with E-state index in [1.807, 2.05) is 34.7 Å². The lowest BCUT2D eigenvalue weighted by molar-refractivity contribution is 0.176. The van der Waals surface area contributed by atoms with Crippen LogP contribution in [0.15, 0.2) is 72.9 Å². The number of nitrogens with one attached hydrogen (secondary N) is 1. The second-order valence-corrected chi connectivity index (χ2v) is 10.7. The average molecular weight is 494 g/mol. The van der Waals surface area contributed by atoms with Crippen LogP contribution in [0.25, 0.3) is 11.5 Å². The Morgan fingerprint density at radius 1 is 0.973 bits per heavy atom. The molecule has 0 spiro atoms. The minimum absolute atomic E-state index is 0.00250. The lowest BCUT2D eigenvalue weighted by Crippen LogP contribution is -2.45. The predicted molar refractivity (Wildman–Crippen MR) is 146 cm³/mol. The standard InChI is InChI=1S/C31H35N5O/c1-21(2)23-15-17-24(18-16-23)29-28-14-9-19-34(28)30-27(20-35(29)31(37)32-25-10-7-8-11-25)22(3)33-36(30)26-12-5-4-6-13-26/h4-6,9,12-19,21,25,29H,7-8,10-11,20H2,1-3H3,(H,32,37). The van der Waals surface area contributed by atoms with E-state index in [0.717, 1.165) is 46.9 Å². The molecule has 190 valence electrons. The summed E-state index contributed by atoms with van der Waals surface area (Å²) < 4.78 is 4.25. The normalized spacial score (nSPS) is 17.5. The summed E-state index contributed by atoms with van der Waals surface area (Å²) in [6, 6.07) is 23.3. The molecule has 3 heterocycles. The first-order chi connectivity index (χ1) is 18.0. The Labute approximate surface area is 218 Å². The fourth-order valence-corrected chi connectivity index (χ4v) is 5.89. The van der Waals surface area contributed by atoms with Crippen LogP contribution in [-0.4, -0.2) is 31.3 Å². The molecule has 1 N–H and O–H groups in total. The van der Waals surface area contributed by atoms with Crippen molar-refractivity contribution in [3.8, 4) is 11.5 Å². The molecule has 6 nitrogen and oxygen atoms in total. The number of hydrogen-bond donors (Lipinski definition) is 1. The Balaban J connectivity index is 1.51. The first kappa shape index (κ1) is 23.6. The van der Waals surface area contributed by atoms with E-state index in [-0.39, 0.29) is 18.1 Å². The smallest absolute Gasteiger partial charge is 0.318 e. The molecule has 1 atom stereocenters. The average Bonchev–Trinajstić information content (AvgIpc) is 3.64. The van der Waals surface area contributed by atoms with Gasteiger partial charge in [-0.3, -0.25) is 0 Å². The number of aryl methyl sites for hydroxylation is 1. The fourth-order valence-electron chi connectivity index (χ4n) is 5.89. The van der Waals surface area contributed by atoms with Gasteiger partial charge in [-0.1, -0.05) is 69.2 Å². The number of urea groups is 1. The van der Waals surface area contributed by atoms with Gasteiger partial charge in [-0.05, 0) is 61.1 Å². The first-order valence-corrected chi connectivity index (χ1v) is 13.5. The van der Waals surface area contributed by atoms with E-state index >= 15 is 0 Å².